The second kappa shape index (κ2) is 8.36. The number of hydrogen-bond donors (Lipinski definition) is 1. The van der Waals surface area contributed by atoms with E-state index in [1.807, 2.05) is 24.3 Å². The molecule has 140 valence electrons. The average molecular weight is 449 g/mol. The Morgan fingerprint density at radius 1 is 1.11 bits per heavy atom. The van der Waals surface area contributed by atoms with Crippen LogP contribution < -0.4 is 14.2 Å². The molecule has 0 atom stereocenters. The first-order valence-corrected chi connectivity index (χ1v) is 9.05. The monoisotopic (exact) mass is 448 g/mol. The fourth-order valence-corrected chi connectivity index (χ4v) is 3.16. The minimum Gasteiger partial charge on any atom is -0.493 e. The third-order valence-electron chi connectivity index (χ3n) is 3.77. The van der Waals surface area contributed by atoms with Crippen molar-refractivity contribution in [2.45, 2.75) is 0 Å². The largest absolute Gasteiger partial charge is 0.493 e. The Labute approximate surface area is 169 Å². The second-order valence-corrected chi connectivity index (χ2v) is 6.59. The molecule has 3 aromatic rings. The number of hydrogen-bond acceptors (Lipinski definition) is 6. The highest BCUT2D eigenvalue weighted by Gasteiger charge is 2.13. The SMILES string of the molecule is COc1cc(/C=N/n2c(-c3ccccc3Br)n[nH]c2=S)cc(OC)c1OC. The summed E-state index contributed by atoms with van der Waals surface area (Å²) < 4.78 is 18.9. The highest BCUT2D eigenvalue weighted by atomic mass is 79.9. The van der Waals surface area contributed by atoms with Gasteiger partial charge in [-0.1, -0.05) is 28.1 Å². The Morgan fingerprint density at radius 2 is 1.78 bits per heavy atom. The van der Waals surface area contributed by atoms with Crippen molar-refractivity contribution < 1.29 is 14.2 Å². The van der Waals surface area contributed by atoms with Gasteiger partial charge in [-0.2, -0.15) is 14.9 Å². The standard InChI is InChI=1S/C18H17BrN4O3S/c1-24-14-8-11(9-15(25-2)16(14)26-3)10-20-23-17(21-22-18(23)27)12-6-4-5-7-13(12)19/h4-10H,1-3H3,(H,22,27)/b20-10+. The molecular weight excluding hydrogens is 432 g/mol. The van der Waals surface area contributed by atoms with Gasteiger partial charge < -0.3 is 14.2 Å². The molecule has 0 bridgehead atoms. The lowest BCUT2D eigenvalue weighted by Gasteiger charge is -2.12. The van der Waals surface area contributed by atoms with Gasteiger partial charge in [0.2, 0.25) is 10.5 Å². The minimum atomic E-state index is 0.379. The number of benzene rings is 2. The third kappa shape index (κ3) is 3.88. The van der Waals surface area contributed by atoms with E-state index in [0.29, 0.717) is 27.8 Å². The van der Waals surface area contributed by atoms with Crippen LogP contribution in [0.3, 0.4) is 0 Å². The maximum absolute atomic E-state index is 5.37. The van der Waals surface area contributed by atoms with Crippen molar-refractivity contribution in [3.05, 3.63) is 51.2 Å². The molecule has 0 saturated carbocycles. The number of methoxy groups -OCH3 is 3. The van der Waals surface area contributed by atoms with Gasteiger partial charge in [-0.25, -0.2) is 5.10 Å². The molecule has 1 aromatic heterocycles. The predicted octanol–water partition coefficient (Wildman–Crippen LogP) is 4.28. The lowest BCUT2D eigenvalue weighted by Crippen LogP contribution is -1.98. The highest BCUT2D eigenvalue weighted by molar-refractivity contribution is 9.10. The Morgan fingerprint density at radius 3 is 2.37 bits per heavy atom. The van der Waals surface area contributed by atoms with Gasteiger partial charge in [0, 0.05) is 15.6 Å². The van der Waals surface area contributed by atoms with Crippen molar-refractivity contribution in [1.82, 2.24) is 14.9 Å². The summed E-state index contributed by atoms with van der Waals surface area (Å²) in [6, 6.07) is 11.3. The Hall–Kier alpha value is -2.65. The number of aromatic amines is 1. The zero-order valence-corrected chi connectivity index (χ0v) is 17.3. The van der Waals surface area contributed by atoms with Crippen molar-refractivity contribution >= 4 is 34.4 Å². The summed E-state index contributed by atoms with van der Waals surface area (Å²) in [6.07, 6.45) is 1.65. The van der Waals surface area contributed by atoms with E-state index < -0.39 is 0 Å². The van der Waals surface area contributed by atoms with E-state index in [2.05, 4.69) is 31.2 Å². The Balaban J connectivity index is 2.04. The van der Waals surface area contributed by atoms with E-state index in [1.54, 1.807) is 44.4 Å². The third-order valence-corrected chi connectivity index (χ3v) is 4.73. The quantitative estimate of drug-likeness (QED) is 0.449. The van der Waals surface area contributed by atoms with E-state index in [1.165, 1.54) is 0 Å². The zero-order chi connectivity index (χ0) is 19.4. The number of nitrogens with one attached hydrogen (secondary N) is 1. The van der Waals surface area contributed by atoms with E-state index in [9.17, 15) is 0 Å². The molecule has 27 heavy (non-hydrogen) atoms. The summed E-state index contributed by atoms with van der Waals surface area (Å²) in [5, 5.41) is 11.5. The molecule has 0 aliphatic carbocycles. The number of nitrogens with zero attached hydrogens (tertiary/aromatic N) is 3. The first-order chi connectivity index (χ1) is 13.1. The fraction of sp³-hybridized carbons (Fsp3) is 0.167. The van der Waals surface area contributed by atoms with Crippen LogP contribution in [0.1, 0.15) is 5.56 Å². The van der Waals surface area contributed by atoms with Crippen molar-refractivity contribution in [2.24, 2.45) is 5.10 Å². The number of ether oxygens (including phenoxy) is 3. The molecule has 0 fully saturated rings. The van der Waals surface area contributed by atoms with Crippen LogP contribution in [0, 0.1) is 4.77 Å². The molecule has 0 unspecified atom stereocenters. The Kier molecular flexibility index (Phi) is 5.92. The van der Waals surface area contributed by atoms with Gasteiger partial charge in [0.25, 0.3) is 0 Å². The van der Waals surface area contributed by atoms with Crippen LogP contribution in [-0.4, -0.2) is 42.4 Å². The number of halogens is 1. The van der Waals surface area contributed by atoms with E-state index in [4.69, 9.17) is 26.4 Å². The molecule has 0 radical (unpaired) electrons. The normalized spacial score (nSPS) is 11.0. The molecule has 1 N–H and O–H groups in total. The molecule has 0 aliphatic heterocycles. The van der Waals surface area contributed by atoms with Crippen LogP contribution in [-0.2, 0) is 0 Å². The molecule has 0 spiro atoms. The smallest absolute Gasteiger partial charge is 0.216 e. The summed E-state index contributed by atoms with van der Waals surface area (Å²) in [5.41, 5.74) is 1.62. The highest BCUT2D eigenvalue weighted by Crippen LogP contribution is 2.37. The molecule has 2 aromatic carbocycles. The molecule has 1 heterocycles. The Bertz CT molecular complexity index is 1020. The van der Waals surface area contributed by atoms with Gasteiger partial charge in [0.05, 0.1) is 27.5 Å². The fourth-order valence-electron chi connectivity index (χ4n) is 2.52. The summed E-state index contributed by atoms with van der Waals surface area (Å²) in [5.74, 6) is 2.20. The van der Waals surface area contributed by atoms with E-state index >= 15 is 0 Å². The van der Waals surface area contributed by atoms with Gasteiger partial charge in [-0.3, -0.25) is 0 Å². The molecule has 7 nitrogen and oxygen atoms in total. The van der Waals surface area contributed by atoms with Gasteiger partial charge >= 0.3 is 0 Å². The predicted molar refractivity (Wildman–Crippen MR) is 110 cm³/mol. The second-order valence-electron chi connectivity index (χ2n) is 5.35. The first-order valence-electron chi connectivity index (χ1n) is 7.85. The topological polar surface area (TPSA) is 73.7 Å². The van der Waals surface area contributed by atoms with Crippen LogP contribution in [0.25, 0.3) is 11.4 Å². The molecule has 0 saturated heterocycles. The number of rotatable bonds is 6. The molecule has 9 heteroatoms. The van der Waals surface area contributed by atoms with Gasteiger partial charge in [0.15, 0.2) is 17.3 Å². The van der Waals surface area contributed by atoms with Crippen molar-refractivity contribution in [1.29, 1.82) is 0 Å². The number of aromatic nitrogens is 3. The van der Waals surface area contributed by atoms with Crippen molar-refractivity contribution in [3.63, 3.8) is 0 Å². The first kappa shape index (κ1) is 19.1. The molecule has 3 rings (SSSR count). The molecular formula is C18H17BrN4O3S. The van der Waals surface area contributed by atoms with E-state index in [-0.39, 0.29) is 0 Å². The van der Waals surface area contributed by atoms with Gasteiger partial charge in [-0.15, -0.1) is 0 Å². The van der Waals surface area contributed by atoms with Crippen LogP contribution in [0.5, 0.6) is 17.2 Å². The molecule has 0 amide bonds. The lowest BCUT2D eigenvalue weighted by molar-refractivity contribution is 0.324. The van der Waals surface area contributed by atoms with Crippen LogP contribution in [0.15, 0.2) is 46.0 Å². The van der Waals surface area contributed by atoms with Crippen molar-refractivity contribution in [3.8, 4) is 28.6 Å². The van der Waals surface area contributed by atoms with Crippen molar-refractivity contribution in [2.75, 3.05) is 21.3 Å². The van der Waals surface area contributed by atoms with Gasteiger partial charge in [0.1, 0.15) is 0 Å². The van der Waals surface area contributed by atoms with Crippen LogP contribution in [0.2, 0.25) is 0 Å². The number of H-pyrrole nitrogens is 1. The van der Waals surface area contributed by atoms with E-state index in [0.717, 1.165) is 15.6 Å². The maximum Gasteiger partial charge on any atom is 0.216 e. The zero-order valence-electron chi connectivity index (χ0n) is 14.9. The lowest BCUT2D eigenvalue weighted by atomic mass is 10.2. The summed E-state index contributed by atoms with van der Waals surface area (Å²) in [4.78, 5) is 0. The van der Waals surface area contributed by atoms with Gasteiger partial charge in [-0.05, 0) is 36.5 Å². The summed E-state index contributed by atoms with van der Waals surface area (Å²) in [6.45, 7) is 0. The maximum atomic E-state index is 5.37. The molecule has 0 aliphatic rings. The summed E-state index contributed by atoms with van der Waals surface area (Å²) in [7, 11) is 4.69. The minimum absolute atomic E-state index is 0.379. The van der Waals surface area contributed by atoms with Crippen LogP contribution in [0.4, 0.5) is 0 Å². The summed E-state index contributed by atoms with van der Waals surface area (Å²) >= 11 is 8.84. The van der Waals surface area contributed by atoms with Crippen LogP contribution >= 0.6 is 28.1 Å². The average Bonchev–Trinajstić information content (AvgIpc) is 3.06.